The van der Waals surface area contributed by atoms with E-state index in [1.54, 1.807) is 26.1 Å². The maximum Gasteiger partial charge on any atom is 0.309 e. The third-order valence-electron chi connectivity index (χ3n) is 7.87. The number of epoxide rings is 1. The number of ketones is 1. The van der Waals surface area contributed by atoms with Crippen molar-refractivity contribution in [3.8, 4) is 0 Å². The highest BCUT2D eigenvalue weighted by Gasteiger charge is 2.52. The zero-order valence-corrected chi connectivity index (χ0v) is 21.6. The third-order valence-corrected chi connectivity index (χ3v) is 7.87. The van der Waals surface area contributed by atoms with Gasteiger partial charge in [-0.3, -0.25) is 14.6 Å². The zero-order valence-electron chi connectivity index (χ0n) is 21.6. The lowest BCUT2D eigenvalue weighted by Gasteiger charge is -2.35. The second-order valence-electron chi connectivity index (χ2n) is 11.0. The number of carbonyl (C=O) groups excluding carboxylic acids is 2. The Kier molecular flexibility index (Phi) is 8.89. The molecule has 0 spiro atoms. The highest BCUT2D eigenvalue weighted by atomic mass is 16.6. The van der Waals surface area contributed by atoms with Gasteiger partial charge in [-0.05, 0) is 56.4 Å². The Bertz CT molecular complexity index is 900. The van der Waals surface area contributed by atoms with Gasteiger partial charge in [0.15, 0.2) is 0 Å². The number of cyclic esters (lactones) is 1. The van der Waals surface area contributed by atoms with Gasteiger partial charge >= 0.3 is 5.97 Å². The fourth-order valence-corrected chi connectivity index (χ4v) is 5.06. The van der Waals surface area contributed by atoms with Crippen molar-refractivity contribution in [1.29, 1.82) is 0 Å². The summed E-state index contributed by atoms with van der Waals surface area (Å²) < 4.78 is 11.8. The van der Waals surface area contributed by atoms with E-state index in [0.717, 1.165) is 25.0 Å². The number of Topliss-reactive ketones (excluding diaryl/α,β-unsaturated/α-hetero) is 1. The average molecular weight is 488 g/mol. The number of aliphatic hydroxyl groups is 2. The highest BCUT2D eigenvalue weighted by Crippen LogP contribution is 2.44. The van der Waals surface area contributed by atoms with E-state index in [-0.39, 0.29) is 29.8 Å². The van der Waals surface area contributed by atoms with Crippen LogP contribution in [0.4, 0.5) is 0 Å². The minimum atomic E-state index is -1.23. The molecule has 1 aromatic heterocycles. The number of ether oxygens (including phenoxy) is 2. The molecular formula is C28H41NO6. The maximum absolute atomic E-state index is 13.4. The van der Waals surface area contributed by atoms with Crippen LogP contribution in [0.1, 0.15) is 78.8 Å². The van der Waals surface area contributed by atoms with Crippen molar-refractivity contribution in [2.45, 2.75) is 103 Å². The second-order valence-corrected chi connectivity index (χ2v) is 11.0. The molecule has 1 unspecified atom stereocenters. The molecule has 0 aromatic carbocycles. The average Bonchev–Trinajstić information content (AvgIpc) is 3.45. The van der Waals surface area contributed by atoms with Crippen LogP contribution in [0.15, 0.2) is 30.5 Å². The summed E-state index contributed by atoms with van der Waals surface area (Å²) in [6, 6.07) is 5.58. The molecule has 7 heteroatoms. The summed E-state index contributed by atoms with van der Waals surface area (Å²) in [5.74, 6) is -1.47. The number of fused-ring (bicyclic) bond motifs is 1. The Hall–Kier alpha value is -2.09. The Morgan fingerprint density at radius 1 is 1.20 bits per heavy atom. The lowest BCUT2D eigenvalue weighted by atomic mass is 9.71. The summed E-state index contributed by atoms with van der Waals surface area (Å²) in [6.07, 6.45) is 5.82. The lowest BCUT2D eigenvalue weighted by molar-refractivity contribution is -0.154. The fraction of sp³-hybridized carbons (Fsp3) is 0.679. The molecule has 2 fully saturated rings. The van der Waals surface area contributed by atoms with Crippen LogP contribution < -0.4 is 0 Å². The van der Waals surface area contributed by atoms with Gasteiger partial charge in [0.1, 0.15) is 11.9 Å². The predicted octanol–water partition coefficient (Wildman–Crippen LogP) is 4.11. The monoisotopic (exact) mass is 487 g/mol. The van der Waals surface area contributed by atoms with E-state index in [0.29, 0.717) is 12.8 Å². The predicted molar refractivity (Wildman–Crippen MR) is 133 cm³/mol. The number of hydrogen-bond acceptors (Lipinski definition) is 7. The molecule has 7 nitrogen and oxygen atoms in total. The van der Waals surface area contributed by atoms with Gasteiger partial charge in [-0.15, -0.1) is 0 Å². The minimum Gasteiger partial charge on any atom is -0.458 e. The summed E-state index contributed by atoms with van der Waals surface area (Å²) in [6.45, 7) is 9.18. The highest BCUT2D eigenvalue weighted by molar-refractivity contribution is 5.88. The van der Waals surface area contributed by atoms with E-state index in [1.165, 1.54) is 0 Å². The summed E-state index contributed by atoms with van der Waals surface area (Å²) in [4.78, 5) is 30.5. The second kappa shape index (κ2) is 11.3. The van der Waals surface area contributed by atoms with Crippen molar-refractivity contribution >= 4 is 17.8 Å². The lowest BCUT2D eigenvalue weighted by Crippen LogP contribution is -2.46. The van der Waals surface area contributed by atoms with Crippen LogP contribution in [0.3, 0.4) is 0 Å². The summed E-state index contributed by atoms with van der Waals surface area (Å²) in [5.41, 5.74) is -0.748. The molecule has 0 saturated carbocycles. The van der Waals surface area contributed by atoms with Crippen LogP contribution in [0.2, 0.25) is 0 Å². The van der Waals surface area contributed by atoms with Gasteiger partial charge in [0.05, 0.1) is 41.4 Å². The van der Waals surface area contributed by atoms with E-state index in [2.05, 4.69) is 11.9 Å². The Morgan fingerprint density at radius 2 is 1.94 bits per heavy atom. The number of nitrogens with zero attached hydrogens (tertiary/aromatic N) is 1. The number of pyridine rings is 1. The van der Waals surface area contributed by atoms with E-state index < -0.39 is 35.6 Å². The number of aromatic nitrogens is 1. The first-order chi connectivity index (χ1) is 16.5. The first-order valence-electron chi connectivity index (χ1n) is 12.8. The van der Waals surface area contributed by atoms with Crippen molar-refractivity contribution in [3.05, 3.63) is 36.2 Å². The molecule has 35 heavy (non-hydrogen) atoms. The molecule has 3 rings (SSSR count). The zero-order chi connectivity index (χ0) is 25.8. The van der Waals surface area contributed by atoms with E-state index >= 15 is 0 Å². The van der Waals surface area contributed by atoms with Gasteiger partial charge in [-0.25, -0.2) is 0 Å². The van der Waals surface area contributed by atoms with Gasteiger partial charge in [0.2, 0.25) is 0 Å². The molecule has 2 N–H and O–H groups in total. The number of aliphatic hydroxyl groups excluding tert-OH is 2. The smallest absolute Gasteiger partial charge is 0.309 e. The molecule has 0 radical (unpaired) electrons. The summed E-state index contributed by atoms with van der Waals surface area (Å²) in [7, 11) is 0. The molecule has 194 valence electrons. The van der Waals surface area contributed by atoms with E-state index in [9.17, 15) is 19.8 Å². The van der Waals surface area contributed by atoms with Gasteiger partial charge in [-0.1, -0.05) is 40.2 Å². The van der Waals surface area contributed by atoms with Crippen molar-refractivity contribution in [2.24, 2.45) is 17.3 Å². The Balaban J connectivity index is 1.83. The van der Waals surface area contributed by atoms with Crippen molar-refractivity contribution < 1.29 is 29.3 Å². The van der Waals surface area contributed by atoms with Crippen molar-refractivity contribution in [1.82, 2.24) is 4.98 Å². The molecule has 1 aromatic rings. The first-order valence-corrected chi connectivity index (χ1v) is 12.8. The first kappa shape index (κ1) is 27.5. The van der Waals surface area contributed by atoms with E-state index in [4.69, 9.17) is 9.47 Å². The summed E-state index contributed by atoms with van der Waals surface area (Å²) >= 11 is 0. The van der Waals surface area contributed by atoms with E-state index in [1.807, 2.05) is 38.1 Å². The molecule has 2 saturated heterocycles. The van der Waals surface area contributed by atoms with Gasteiger partial charge < -0.3 is 19.7 Å². The number of hydrogen-bond donors (Lipinski definition) is 2. The van der Waals surface area contributed by atoms with Crippen LogP contribution >= 0.6 is 0 Å². The van der Waals surface area contributed by atoms with Crippen molar-refractivity contribution in [3.63, 3.8) is 0 Å². The Labute approximate surface area is 208 Å². The van der Waals surface area contributed by atoms with Crippen LogP contribution in [0.25, 0.3) is 6.08 Å². The normalized spacial score (nSPS) is 37.0. The molecule has 3 heterocycles. The standard InChI is InChI=1S/C28H41NO6/c1-6-21-25(32)18(2)10-9-14-28(5)23(35-28)16-20(13-12-19-11-7-8-15-29-19)34-24(31)17-22(30)27(3,4)26(21)33/h7-8,11-13,15,18,20-23,25,30,32H,6,9-10,14,16-17H2,1-5H3/t18-,20+,21+,22?,23-,25-,28+/m0/s1. The molecule has 0 bridgehead atoms. The molecular weight excluding hydrogens is 446 g/mol. The topological polar surface area (TPSA) is 109 Å². The fourth-order valence-electron chi connectivity index (χ4n) is 5.06. The van der Waals surface area contributed by atoms with Crippen LogP contribution in [-0.4, -0.2) is 57.0 Å². The SMILES string of the molecule is CC[C@H]1C(=O)C(C)(C)C(O)CC(=O)O[C@H](C=Cc2ccccn2)C[C@@H]2O[C@]2(C)CCC[C@H](C)[C@@H]1O. The quantitative estimate of drug-likeness (QED) is 0.488. The van der Waals surface area contributed by atoms with Crippen LogP contribution in [0, 0.1) is 17.3 Å². The minimum absolute atomic E-state index is 0.0480. The maximum atomic E-state index is 13.4. The largest absolute Gasteiger partial charge is 0.458 e. The van der Waals surface area contributed by atoms with Crippen LogP contribution in [0.5, 0.6) is 0 Å². The van der Waals surface area contributed by atoms with Gasteiger partial charge in [0.25, 0.3) is 0 Å². The van der Waals surface area contributed by atoms with Gasteiger partial charge in [0, 0.05) is 18.5 Å². The molecule has 0 aliphatic carbocycles. The van der Waals surface area contributed by atoms with Crippen LogP contribution in [-0.2, 0) is 19.1 Å². The molecule has 0 amide bonds. The number of rotatable bonds is 3. The molecule has 2 aliphatic rings. The summed E-state index contributed by atoms with van der Waals surface area (Å²) in [5, 5.41) is 21.9. The molecule has 7 atom stereocenters. The Morgan fingerprint density at radius 3 is 2.60 bits per heavy atom. The molecule has 2 aliphatic heterocycles. The number of esters is 1. The number of carbonyl (C=O) groups is 2. The third kappa shape index (κ3) is 6.78. The van der Waals surface area contributed by atoms with Gasteiger partial charge in [-0.2, -0.15) is 0 Å². The van der Waals surface area contributed by atoms with Crippen molar-refractivity contribution in [2.75, 3.05) is 0 Å².